The second kappa shape index (κ2) is 17.1. The van der Waals surface area contributed by atoms with Crippen LogP contribution in [0.1, 0.15) is 50.7 Å². The van der Waals surface area contributed by atoms with Crippen molar-refractivity contribution in [1.29, 1.82) is 0 Å². The number of benzene rings is 2. The van der Waals surface area contributed by atoms with E-state index in [4.69, 9.17) is 16.7 Å². The normalized spacial score (nSPS) is 15.4. The summed E-state index contributed by atoms with van der Waals surface area (Å²) in [6.07, 6.45) is 4.16. The number of aliphatic hydroxyl groups is 1. The Hall–Kier alpha value is -2.34. The molecule has 0 saturated carbocycles. The highest BCUT2D eigenvalue weighted by Crippen LogP contribution is 2.28. The first-order valence-electron chi connectivity index (χ1n) is 11.9. The fraction of sp³-hybridized carbons (Fsp3) is 0.464. The van der Waals surface area contributed by atoms with Gasteiger partial charge in [-0.2, -0.15) is 10.2 Å². The van der Waals surface area contributed by atoms with Crippen molar-refractivity contribution in [2.24, 2.45) is 22.0 Å². The third-order valence-electron chi connectivity index (χ3n) is 5.97. The van der Waals surface area contributed by atoms with Gasteiger partial charge in [0.1, 0.15) is 6.29 Å². The Morgan fingerprint density at radius 2 is 1.71 bits per heavy atom. The smallest absolute Gasteiger partial charge is 0.123 e. The minimum Gasteiger partial charge on any atom is -0.390 e. The molecule has 0 bridgehead atoms. The zero-order valence-electron chi connectivity index (χ0n) is 21.0. The second-order valence-corrected chi connectivity index (χ2v) is 9.43. The molecule has 2 aromatic carbocycles. The number of aliphatic hydroxyl groups excluding tert-OH is 1. The Morgan fingerprint density at radius 3 is 2.15 bits per heavy atom. The molecular formula is C28H40ClN3O2. The molecule has 6 heteroatoms. The zero-order valence-corrected chi connectivity index (χ0v) is 21.8. The number of hydrogen-bond donors (Lipinski definition) is 1. The maximum Gasteiger partial charge on any atom is 0.123 e. The van der Waals surface area contributed by atoms with Gasteiger partial charge in [0.15, 0.2) is 0 Å². The van der Waals surface area contributed by atoms with E-state index in [1.54, 1.807) is 0 Å². The predicted molar refractivity (Wildman–Crippen MR) is 145 cm³/mol. The van der Waals surface area contributed by atoms with Crippen molar-refractivity contribution in [3.05, 3.63) is 70.7 Å². The second-order valence-electron chi connectivity index (χ2n) is 9.00. The van der Waals surface area contributed by atoms with E-state index in [-0.39, 0.29) is 12.5 Å². The van der Waals surface area contributed by atoms with Gasteiger partial charge in [0.05, 0.1) is 12.3 Å². The Balaban J connectivity index is 0.000000271. The average Bonchev–Trinajstić information content (AvgIpc) is 2.85. The first-order valence-corrected chi connectivity index (χ1v) is 12.2. The lowest BCUT2D eigenvalue weighted by Crippen LogP contribution is -2.29. The SMILES string of the molecule is C=N/N=C(\CO)Cc1ccccc1.CC(C)C(C)C=O.CN1CCC(c2ccc(Cl)cc2)CC1. The van der Waals surface area contributed by atoms with Gasteiger partial charge in [0, 0.05) is 24.1 Å². The molecule has 0 aromatic heterocycles. The van der Waals surface area contributed by atoms with E-state index in [1.807, 2.05) is 63.2 Å². The molecule has 5 nitrogen and oxygen atoms in total. The van der Waals surface area contributed by atoms with E-state index in [0.29, 0.717) is 18.1 Å². The Morgan fingerprint density at radius 1 is 1.12 bits per heavy atom. The summed E-state index contributed by atoms with van der Waals surface area (Å²) in [6.45, 7) is 11.6. The zero-order chi connectivity index (χ0) is 25.3. The van der Waals surface area contributed by atoms with E-state index in [0.717, 1.165) is 22.8 Å². The van der Waals surface area contributed by atoms with Crippen molar-refractivity contribution >= 4 is 30.3 Å². The van der Waals surface area contributed by atoms with Crippen LogP contribution in [0.15, 0.2) is 64.8 Å². The molecule has 0 amide bonds. The number of hydrogen-bond acceptors (Lipinski definition) is 5. The maximum absolute atomic E-state index is 9.95. The fourth-order valence-electron chi connectivity index (χ4n) is 3.29. The minimum absolute atomic E-state index is 0.0755. The lowest BCUT2D eigenvalue weighted by atomic mass is 9.90. The summed E-state index contributed by atoms with van der Waals surface area (Å²) in [5.41, 5.74) is 3.18. The van der Waals surface area contributed by atoms with Crippen LogP contribution in [-0.4, -0.2) is 55.5 Å². The summed E-state index contributed by atoms with van der Waals surface area (Å²) in [5.74, 6) is 1.46. The highest BCUT2D eigenvalue weighted by Gasteiger charge is 2.17. The number of halogens is 1. The highest BCUT2D eigenvalue weighted by atomic mass is 35.5. The molecule has 3 rings (SSSR count). The standard InChI is InChI=1S/C12H16ClN.C10H12N2O.C6H12O/c1-14-8-6-11(7-9-14)10-2-4-12(13)5-3-10;1-11-12-10(8-13)7-9-5-3-2-4-6-9;1-5(2)6(3)4-7/h2-5,11H,6-9H2,1H3;2-6,13H,1,7-8H2;4-6H,1-3H3/b;12-10-;. The van der Waals surface area contributed by atoms with Crippen molar-refractivity contribution < 1.29 is 9.90 Å². The van der Waals surface area contributed by atoms with Crippen LogP contribution in [0.3, 0.4) is 0 Å². The van der Waals surface area contributed by atoms with Crippen LogP contribution in [0.25, 0.3) is 0 Å². The summed E-state index contributed by atoms with van der Waals surface area (Å²) in [5, 5.41) is 16.8. The number of nitrogens with zero attached hydrogens (tertiary/aromatic N) is 3. The van der Waals surface area contributed by atoms with Gasteiger partial charge < -0.3 is 14.8 Å². The van der Waals surface area contributed by atoms with Crippen molar-refractivity contribution in [3.8, 4) is 0 Å². The van der Waals surface area contributed by atoms with Crippen molar-refractivity contribution in [3.63, 3.8) is 0 Å². The van der Waals surface area contributed by atoms with Gasteiger partial charge >= 0.3 is 0 Å². The molecule has 1 atom stereocenters. The number of aldehydes is 1. The van der Waals surface area contributed by atoms with Gasteiger partial charge in [-0.3, -0.25) is 0 Å². The summed E-state index contributed by atoms with van der Waals surface area (Å²) < 4.78 is 0. The van der Waals surface area contributed by atoms with Crippen LogP contribution in [-0.2, 0) is 11.2 Å². The van der Waals surface area contributed by atoms with E-state index in [1.165, 1.54) is 31.5 Å². The molecule has 1 aliphatic heterocycles. The lowest BCUT2D eigenvalue weighted by Gasteiger charge is -2.29. The number of piperidine rings is 1. The highest BCUT2D eigenvalue weighted by molar-refractivity contribution is 6.30. The molecule has 0 aliphatic carbocycles. The quantitative estimate of drug-likeness (QED) is 0.301. The van der Waals surface area contributed by atoms with E-state index < -0.39 is 0 Å². The molecule has 1 N–H and O–H groups in total. The van der Waals surface area contributed by atoms with Crippen LogP contribution in [0, 0.1) is 11.8 Å². The number of rotatable bonds is 7. The molecule has 1 saturated heterocycles. The van der Waals surface area contributed by atoms with Gasteiger partial charge in [-0.1, -0.05) is 74.8 Å². The van der Waals surface area contributed by atoms with Crippen LogP contribution in [0.2, 0.25) is 5.02 Å². The average molecular weight is 486 g/mol. The van der Waals surface area contributed by atoms with Crippen molar-refractivity contribution in [2.45, 2.75) is 46.0 Å². The monoisotopic (exact) mass is 485 g/mol. The molecule has 34 heavy (non-hydrogen) atoms. The minimum atomic E-state index is -0.0755. The fourth-order valence-corrected chi connectivity index (χ4v) is 3.41. The third-order valence-corrected chi connectivity index (χ3v) is 6.22. The predicted octanol–water partition coefficient (Wildman–Crippen LogP) is 5.90. The molecule has 1 unspecified atom stereocenters. The summed E-state index contributed by atoms with van der Waals surface area (Å²) in [6, 6.07) is 18.1. The molecule has 0 spiro atoms. The number of carbonyl (C=O) groups is 1. The number of carbonyl (C=O) groups excluding carboxylic acids is 1. The van der Waals surface area contributed by atoms with Gasteiger partial charge in [-0.15, -0.1) is 0 Å². The summed E-state index contributed by atoms with van der Waals surface area (Å²) in [4.78, 5) is 12.3. The summed E-state index contributed by atoms with van der Waals surface area (Å²) in [7, 11) is 2.19. The molecular weight excluding hydrogens is 446 g/mol. The lowest BCUT2D eigenvalue weighted by molar-refractivity contribution is -0.111. The van der Waals surface area contributed by atoms with Gasteiger partial charge in [0.25, 0.3) is 0 Å². The first-order chi connectivity index (χ1) is 16.3. The molecule has 1 heterocycles. The Labute approximate surface area is 210 Å². The first kappa shape index (κ1) is 29.7. The molecule has 186 valence electrons. The van der Waals surface area contributed by atoms with Crippen LogP contribution in [0.4, 0.5) is 0 Å². The summed E-state index contributed by atoms with van der Waals surface area (Å²) >= 11 is 5.87. The van der Waals surface area contributed by atoms with Crippen molar-refractivity contribution in [1.82, 2.24) is 4.90 Å². The van der Waals surface area contributed by atoms with Gasteiger partial charge in [0.2, 0.25) is 0 Å². The largest absolute Gasteiger partial charge is 0.390 e. The molecule has 1 aliphatic rings. The van der Waals surface area contributed by atoms with Crippen LogP contribution < -0.4 is 0 Å². The van der Waals surface area contributed by atoms with Crippen molar-refractivity contribution in [2.75, 3.05) is 26.7 Å². The Bertz CT molecular complexity index is 846. The molecule has 2 aromatic rings. The van der Waals surface area contributed by atoms with E-state index in [9.17, 15) is 4.79 Å². The number of likely N-dealkylation sites (tertiary alicyclic amines) is 1. The topological polar surface area (TPSA) is 65.3 Å². The molecule has 0 radical (unpaired) electrons. The van der Waals surface area contributed by atoms with Gasteiger partial charge in [-0.25, -0.2) is 0 Å². The maximum atomic E-state index is 9.95. The van der Waals surface area contributed by atoms with E-state index in [2.05, 4.69) is 41.0 Å². The van der Waals surface area contributed by atoms with Gasteiger partial charge in [-0.05, 0) is 68.1 Å². The third kappa shape index (κ3) is 12.2. The van der Waals surface area contributed by atoms with Crippen LogP contribution >= 0.6 is 11.6 Å². The Kier molecular flexibility index (Phi) is 15.0. The molecule has 1 fully saturated rings. The van der Waals surface area contributed by atoms with Crippen LogP contribution in [0.5, 0.6) is 0 Å². The van der Waals surface area contributed by atoms with E-state index >= 15 is 0 Å².